The molecule has 0 fully saturated rings. The fourth-order valence-electron chi connectivity index (χ4n) is 4.22. The summed E-state index contributed by atoms with van der Waals surface area (Å²) in [6.45, 7) is 10.9. The van der Waals surface area contributed by atoms with Gasteiger partial charge >= 0.3 is 5.97 Å². The van der Waals surface area contributed by atoms with Crippen LogP contribution in [0.3, 0.4) is 0 Å². The molecule has 0 heterocycles. The highest BCUT2D eigenvalue weighted by Gasteiger charge is 2.09. The second-order valence-corrected chi connectivity index (χ2v) is 9.45. The van der Waals surface area contributed by atoms with Gasteiger partial charge in [0.25, 0.3) is 0 Å². The van der Waals surface area contributed by atoms with Crippen LogP contribution in [0.15, 0.2) is 72.8 Å². The quantitative estimate of drug-likeness (QED) is 0.103. The largest absolute Gasteiger partial charge is 0.494 e. The zero-order valence-electron chi connectivity index (χ0n) is 23.3. The van der Waals surface area contributed by atoms with Crippen molar-refractivity contribution in [2.24, 2.45) is 0 Å². The Bertz CT molecular complexity index is 1060. The van der Waals surface area contributed by atoms with Gasteiger partial charge in [0.2, 0.25) is 0 Å². The minimum Gasteiger partial charge on any atom is -0.494 e. The normalized spacial score (nSPS) is 10.9. The van der Waals surface area contributed by atoms with Gasteiger partial charge in [0.1, 0.15) is 23.9 Å². The number of ether oxygens (including phenoxy) is 3. The maximum atomic E-state index is 12.6. The van der Waals surface area contributed by atoms with Gasteiger partial charge in [-0.05, 0) is 79.2 Å². The SMILES string of the molecule is CCCCCCCCOc1ccc(C(=O)Oc2ccc(-c3ccc(OCCN(CC)CC)cc3)cc2)cc1. The summed E-state index contributed by atoms with van der Waals surface area (Å²) in [5.41, 5.74) is 2.62. The van der Waals surface area contributed by atoms with Crippen molar-refractivity contribution >= 4 is 5.97 Å². The zero-order chi connectivity index (χ0) is 27.0. The van der Waals surface area contributed by atoms with Gasteiger partial charge < -0.3 is 19.1 Å². The molecule has 0 N–H and O–H groups in total. The van der Waals surface area contributed by atoms with Crippen LogP contribution in [0, 0.1) is 0 Å². The van der Waals surface area contributed by atoms with Crippen LogP contribution in [0.1, 0.15) is 69.7 Å². The zero-order valence-corrected chi connectivity index (χ0v) is 23.3. The molecule has 0 aromatic heterocycles. The molecule has 0 saturated carbocycles. The summed E-state index contributed by atoms with van der Waals surface area (Å²) in [5.74, 6) is 1.77. The van der Waals surface area contributed by atoms with Crippen molar-refractivity contribution < 1.29 is 19.0 Å². The van der Waals surface area contributed by atoms with Crippen molar-refractivity contribution in [1.29, 1.82) is 0 Å². The Hall–Kier alpha value is -3.31. The number of hydrogen-bond acceptors (Lipinski definition) is 5. The van der Waals surface area contributed by atoms with Gasteiger partial charge in [-0.1, -0.05) is 77.1 Å². The predicted molar refractivity (Wildman–Crippen MR) is 155 cm³/mol. The lowest BCUT2D eigenvalue weighted by molar-refractivity contribution is 0.0734. The Labute approximate surface area is 228 Å². The molecule has 0 amide bonds. The van der Waals surface area contributed by atoms with Crippen LogP contribution < -0.4 is 14.2 Å². The fourth-order valence-corrected chi connectivity index (χ4v) is 4.22. The van der Waals surface area contributed by atoms with Crippen molar-refractivity contribution in [3.63, 3.8) is 0 Å². The first-order valence-electron chi connectivity index (χ1n) is 14.1. The molecule has 0 aliphatic carbocycles. The minimum absolute atomic E-state index is 0.383. The smallest absolute Gasteiger partial charge is 0.343 e. The van der Waals surface area contributed by atoms with Crippen molar-refractivity contribution in [3.8, 4) is 28.4 Å². The number of unbranched alkanes of at least 4 members (excludes halogenated alkanes) is 5. The molecular formula is C33H43NO4. The summed E-state index contributed by atoms with van der Waals surface area (Å²) >= 11 is 0. The van der Waals surface area contributed by atoms with Gasteiger partial charge in [-0.15, -0.1) is 0 Å². The predicted octanol–water partition coefficient (Wildman–Crippen LogP) is 8.03. The molecule has 5 heteroatoms. The standard InChI is InChI=1S/C33H43NO4/c1-4-7-8-9-10-11-25-36-30-20-16-29(17-21-30)33(35)38-32-22-14-28(15-23-32)27-12-18-31(19-13-27)37-26-24-34(5-2)6-3/h12-23H,4-11,24-26H2,1-3H3. The lowest BCUT2D eigenvalue weighted by Crippen LogP contribution is -2.27. The molecule has 3 aromatic carbocycles. The van der Waals surface area contributed by atoms with Gasteiger partial charge in [0.05, 0.1) is 12.2 Å². The molecule has 0 saturated heterocycles. The summed E-state index contributed by atoms with van der Waals surface area (Å²) in [6.07, 6.45) is 7.39. The van der Waals surface area contributed by atoms with Crippen molar-refractivity contribution in [2.75, 3.05) is 32.8 Å². The Morgan fingerprint density at radius 3 is 1.68 bits per heavy atom. The molecule has 38 heavy (non-hydrogen) atoms. The van der Waals surface area contributed by atoms with Crippen LogP contribution in [0.5, 0.6) is 17.2 Å². The summed E-state index contributed by atoms with van der Waals surface area (Å²) < 4.78 is 17.3. The Kier molecular flexibility index (Phi) is 12.7. The van der Waals surface area contributed by atoms with E-state index in [-0.39, 0.29) is 5.97 Å². The van der Waals surface area contributed by atoms with E-state index in [1.54, 1.807) is 12.1 Å². The molecule has 5 nitrogen and oxygen atoms in total. The van der Waals surface area contributed by atoms with Crippen LogP contribution in [0.4, 0.5) is 0 Å². The third kappa shape index (κ3) is 9.86. The van der Waals surface area contributed by atoms with Gasteiger partial charge in [0, 0.05) is 6.54 Å². The fraction of sp³-hybridized carbons (Fsp3) is 0.424. The van der Waals surface area contributed by atoms with E-state index in [0.29, 0.717) is 24.5 Å². The van der Waals surface area contributed by atoms with E-state index < -0.39 is 0 Å². The first-order chi connectivity index (χ1) is 18.6. The van der Waals surface area contributed by atoms with Crippen molar-refractivity contribution in [1.82, 2.24) is 4.90 Å². The molecule has 0 unspecified atom stereocenters. The topological polar surface area (TPSA) is 48.0 Å². The number of likely N-dealkylation sites (N-methyl/N-ethyl adjacent to an activating group) is 1. The summed E-state index contributed by atoms with van der Waals surface area (Å²) in [6, 6.07) is 22.8. The molecule has 0 aliphatic heterocycles. The molecule has 0 atom stereocenters. The number of esters is 1. The molecule has 3 aromatic rings. The van der Waals surface area contributed by atoms with E-state index in [1.165, 1.54) is 32.1 Å². The Balaban J connectivity index is 1.43. The molecule has 3 rings (SSSR count). The second-order valence-electron chi connectivity index (χ2n) is 9.45. The van der Waals surface area contributed by atoms with E-state index in [4.69, 9.17) is 14.2 Å². The lowest BCUT2D eigenvalue weighted by atomic mass is 10.1. The van der Waals surface area contributed by atoms with Crippen LogP contribution >= 0.6 is 0 Å². The van der Waals surface area contributed by atoms with E-state index in [2.05, 4.69) is 25.7 Å². The van der Waals surface area contributed by atoms with E-state index in [0.717, 1.165) is 48.7 Å². The van der Waals surface area contributed by atoms with E-state index >= 15 is 0 Å². The van der Waals surface area contributed by atoms with Crippen LogP contribution in [0.2, 0.25) is 0 Å². The molecule has 0 spiro atoms. The number of hydrogen-bond donors (Lipinski definition) is 0. The highest BCUT2D eigenvalue weighted by molar-refractivity contribution is 5.91. The van der Waals surface area contributed by atoms with Gasteiger partial charge in [-0.25, -0.2) is 4.79 Å². The van der Waals surface area contributed by atoms with E-state index in [1.807, 2.05) is 60.7 Å². The Morgan fingerprint density at radius 2 is 1.11 bits per heavy atom. The lowest BCUT2D eigenvalue weighted by Gasteiger charge is -2.18. The minimum atomic E-state index is -0.383. The molecule has 204 valence electrons. The second kappa shape index (κ2) is 16.5. The maximum absolute atomic E-state index is 12.6. The van der Waals surface area contributed by atoms with Gasteiger partial charge in [0.15, 0.2) is 0 Å². The van der Waals surface area contributed by atoms with Crippen LogP contribution in [0.25, 0.3) is 11.1 Å². The molecule has 0 aliphatic rings. The maximum Gasteiger partial charge on any atom is 0.343 e. The summed E-state index contributed by atoms with van der Waals surface area (Å²) in [4.78, 5) is 14.9. The third-order valence-electron chi connectivity index (χ3n) is 6.68. The summed E-state index contributed by atoms with van der Waals surface area (Å²) in [7, 11) is 0. The molecular weight excluding hydrogens is 474 g/mol. The monoisotopic (exact) mass is 517 g/mol. The average molecular weight is 518 g/mol. The molecule has 0 bridgehead atoms. The first kappa shape index (κ1) is 29.2. The summed E-state index contributed by atoms with van der Waals surface area (Å²) in [5, 5.41) is 0. The van der Waals surface area contributed by atoms with Crippen LogP contribution in [-0.4, -0.2) is 43.7 Å². The average Bonchev–Trinajstić information content (AvgIpc) is 2.96. The number of benzene rings is 3. The number of carbonyl (C=O) groups excluding carboxylic acids is 1. The van der Waals surface area contributed by atoms with E-state index in [9.17, 15) is 4.79 Å². The first-order valence-corrected chi connectivity index (χ1v) is 14.1. The number of nitrogens with zero attached hydrogens (tertiary/aromatic N) is 1. The van der Waals surface area contributed by atoms with Crippen LogP contribution in [-0.2, 0) is 0 Å². The Morgan fingerprint density at radius 1 is 0.605 bits per heavy atom. The highest BCUT2D eigenvalue weighted by atomic mass is 16.5. The highest BCUT2D eigenvalue weighted by Crippen LogP contribution is 2.25. The van der Waals surface area contributed by atoms with Gasteiger partial charge in [-0.2, -0.15) is 0 Å². The third-order valence-corrected chi connectivity index (χ3v) is 6.68. The number of carbonyl (C=O) groups is 1. The number of rotatable bonds is 17. The molecule has 0 radical (unpaired) electrons. The van der Waals surface area contributed by atoms with Crippen molar-refractivity contribution in [3.05, 3.63) is 78.4 Å². The van der Waals surface area contributed by atoms with Gasteiger partial charge in [-0.3, -0.25) is 0 Å². The van der Waals surface area contributed by atoms with Crippen molar-refractivity contribution in [2.45, 2.75) is 59.3 Å².